The lowest BCUT2D eigenvalue weighted by molar-refractivity contribution is 0.395. The van der Waals surface area contributed by atoms with Gasteiger partial charge in [-0.15, -0.1) is 0 Å². The summed E-state index contributed by atoms with van der Waals surface area (Å²) in [6.07, 6.45) is 5.57. The summed E-state index contributed by atoms with van der Waals surface area (Å²) in [6, 6.07) is 10.2. The molecule has 0 radical (unpaired) electrons. The molecule has 1 saturated carbocycles. The lowest BCUT2D eigenvalue weighted by Crippen LogP contribution is -2.36. The molecule has 1 aromatic rings. The zero-order valence-corrected chi connectivity index (χ0v) is 9.45. The van der Waals surface area contributed by atoms with Gasteiger partial charge in [0.2, 0.25) is 0 Å². The van der Waals surface area contributed by atoms with Crippen LogP contribution >= 0.6 is 0 Å². The first-order valence-corrected chi connectivity index (χ1v) is 6.07. The second-order valence-electron chi connectivity index (χ2n) is 5.18. The fourth-order valence-electron chi connectivity index (χ4n) is 2.76. The fraction of sp³-hybridized carbons (Fsp3) is 0.500. The monoisotopic (exact) mass is 212 g/mol. The maximum Gasteiger partial charge on any atom is 0.0991 e. The first kappa shape index (κ1) is 9.72. The van der Waals surface area contributed by atoms with Gasteiger partial charge >= 0.3 is 0 Å². The van der Waals surface area contributed by atoms with Crippen LogP contribution in [-0.2, 0) is 0 Å². The van der Waals surface area contributed by atoms with Gasteiger partial charge in [0, 0.05) is 18.8 Å². The molecule has 1 saturated heterocycles. The van der Waals surface area contributed by atoms with Gasteiger partial charge in [0.05, 0.1) is 11.6 Å². The van der Waals surface area contributed by atoms with Gasteiger partial charge in [-0.25, -0.2) is 0 Å². The summed E-state index contributed by atoms with van der Waals surface area (Å²) in [6.45, 7) is 2.40. The Morgan fingerprint density at radius 1 is 1.12 bits per heavy atom. The van der Waals surface area contributed by atoms with Gasteiger partial charge in [0.25, 0.3) is 0 Å². The van der Waals surface area contributed by atoms with Crippen LogP contribution in [0.2, 0.25) is 0 Å². The lowest BCUT2D eigenvalue weighted by Gasteiger charge is -2.34. The minimum absolute atomic E-state index is 0.659. The Labute approximate surface area is 96.5 Å². The molecule has 0 amide bonds. The maximum atomic E-state index is 8.77. The largest absolute Gasteiger partial charge is 0.371 e. The van der Waals surface area contributed by atoms with Crippen LogP contribution in [0.4, 0.5) is 5.69 Å². The van der Waals surface area contributed by atoms with Crippen LogP contribution in [0.5, 0.6) is 0 Å². The van der Waals surface area contributed by atoms with Crippen molar-refractivity contribution in [3.05, 3.63) is 29.8 Å². The number of hydrogen-bond donors (Lipinski definition) is 0. The van der Waals surface area contributed by atoms with E-state index in [0.29, 0.717) is 5.41 Å². The Morgan fingerprint density at radius 3 is 2.50 bits per heavy atom. The molecule has 2 aliphatic rings. The first-order chi connectivity index (χ1) is 7.81. The van der Waals surface area contributed by atoms with Crippen molar-refractivity contribution in [1.82, 2.24) is 0 Å². The molecule has 1 spiro atoms. The van der Waals surface area contributed by atoms with E-state index in [4.69, 9.17) is 5.26 Å². The molecule has 82 valence electrons. The predicted molar refractivity (Wildman–Crippen MR) is 64.3 cm³/mol. The van der Waals surface area contributed by atoms with Crippen molar-refractivity contribution >= 4 is 5.69 Å². The van der Waals surface area contributed by atoms with Crippen molar-refractivity contribution in [3.63, 3.8) is 0 Å². The number of rotatable bonds is 1. The lowest BCUT2D eigenvalue weighted by atomic mass is 9.94. The molecule has 1 aliphatic carbocycles. The second kappa shape index (κ2) is 3.52. The summed E-state index contributed by atoms with van der Waals surface area (Å²) in [4.78, 5) is 2.48. The van der Waals surface area contributed by atoms with Crippen LogP contribution in [0.15, 0.2) is 24.3 Å². The Bertz CT molecular complexity index is 423. The summed E-state index contributed by atoms with van der Waals surface area (Å²) in [5.41, 5.74) is 2.69. The van der Waals surface area contributed by atoms with E-state index in [1.165, 1.54) is 44.5 Å². The zero-order valence-electron chi connectivity index (χ0n) is 9.45. The van der Waals surface area contributed by atoms with Crippen molar-refractivity contribution in [2.45, 2.75) is 25.7 Å². The smallest absolute Gasteiger partial charge is 0.0991 e. The molecule has 1 aliphatic heterocycles. The van der Waals surface area contributed by atoms with E-state index in [1.54, 1.807) is 0 Å². The molecule has 2 nitrogen and oxygen atoms in total. The Hall–Kier alpha value is -1.49. The molecule has 0 unspecified atom stereocenters. The molecule has 0 N–H and O–H groups in total. The highest BCUT2D eigenvalue weighted by Gasteiger charge is 2.45. The summed E-state index contributed by atoms with van der Waals surface area (Å²) in [5, 5.41) is 8.77. The molecule has 2 heteroatoms. The number of piperidine rings is 1. The second-order valence-corrected chi connectivity index (χ2v) is 5.18. The van der Waals surface area contributed by atoms with Gasteiger partial charge in [0.1, 0.15) is 0 Å². The molecular formula is C14H16N2. The Balaban J connectivity index is 1.78. The first-order valence-electron chi connectivity index (χ1n) is 6.07. The van der Waals surface area contributed by atoms with Crippen LogP contribution < -0.4 is 4.90 Å². The van der Waals surface area contributed by atoms with Crippen LogP contribution in [0, 0.1) is 16.7 Å². The van der Waals surface area contributed by atoms with Crippen LogP contribution in [0.1, 0.15) is 31.2 Å². The molecule has 1 aromatic carbocycles. The predicted octanol–water partition coefficient (Wildman–Crippen LogP) is 2.94. The van der Waals surface area contributed by atoms with Gasteiger partial charge in [-0.1, -0.05) is 0 Å². The van der Waals surface area contributed by atoms with E-state index in [-0.39, 0.29) is 0 Å². The average Bonchev–Trinajstić information content (AvgIpc) is 3.09. The molecule has 0 aromatic heterocycles. The van der Waals surface area contributed by atoms with Gasteiger partial charge in [-0.2, -0.15) is 5.26 Å². The van der Waals surface area contributed by atoms with Crippen molar-refractivity contribution in [2.75, 3.05) is 18.0 Å². The number of anilines is 1. The third-order valence-electron chi connectivity index (χ3n) is 3.98. The van der Waals surface area contributed by atoms with Crippen molar-refractivity contribution in [3.8, 4) is 6.07 Å². The number of benzene rings is 1. The van der Waals surface area contributed by atoms with Crippen molar-refractivity contribution < 1.29 is 0 Å². The summed E-state index contributed by atoms with van der Waals surface area (Å²) in [7, 11) is 0. The van der Waals surface area contributed by atoms with Crippen LogP contribution in [0.25, 0.3) is 0 Å². The molecule has 0 atom stereocenters. The quantitative estimate of drug-likeness (QED) is 0.715. The molecule has 0 bridgehead atoms. The zero-order chi connectivity index (χ0) is 11.0. The summed E-state index contributed by atoms with van der Waals surface area (Å²) >= 11 is 0. The van der Waals surface area contributed by atoms with E-state index in [0.717, 1.165) is 5.56 Å². The highest BCUT2D eigenvalue weighted by molar-refractivity contribution is 5.50. The topological polar surface area (TPSA) is 27.0 Å². The minimum atomic E-state index is 0.659. The Morgan fingerprint density at radius 2 is 1.88 bits per heavy atom. The van der Waals surface area contributed by atoms with E-state index in [1.807, 2.05) is 12.1 Å². The van der Waals surface area contributed by atoms with Gasteiger partial charge in [-0.3, -0.25) is 0 Å². The maximum absolute atomic E-state index is 8.77. The van der Waals surface area contributed by atoms with Gasteiger partial charge in [-0.05, 0) is 55.4 Å². The number of nitrogens with zero attached hydrogens (tertiary/aromatic N) is 2. The third kappa shape index (κ3) is 1.67. The van der Waals surface area contributed by atoms with Crippen molar-refractivity contribution in [1.29, 1.82) is 5.26 Å². The van der Waals surface area contributed by atoms with Gasteiger partial charge in [0.15, 0.2) is 0 Å². The standard InChI is InChI=1S/C14H16N2/c15-10-12-2-4-13(5-3-12)16-9-1-6-14(11-16)7-8-14/h2-5H,1,6-9,11H2. The fourth-order valence-corrected chi connectivity index (χ4v) is 2.76. The van der Waals surface area contributed by atoms with E-state index >= 15 is 0 Å². The molecular weight excluding hydrogens is 196 g/mol. The van der Waals surface area contributed by atoms with Crippen LogP contribution in [0.3, 0.4) is 0 Å². The van der Waals surface area contributed by atoms with E-state index in [2.05, 4.69) is 23.1 Å². The van der Waals surface area contributed by atoms with Gasteiger partial charge < -0.3 is 4.90 Å². The normalized spacial score (nSPS) is 21.8. The molecule has 3 rings (SSSR count). The highest BCUT2D eigenvalue weighted by atomic mass is 15.1. The Kier molecular flexibility index (Phi) is 2.14. The molecule has 2 fully saturated rings. The average molecular weight is 212 g/mol. The van der Waals surface area contributed by atoms with E-state index in [9.17, 15) is 0 Å². The highest BCUT2D eigenvalue weighted by Crippen LogP contribution is 2.52. The molecule has 16 heavy (non-hydrogen) atoms. The third-order valence-corrected chi connectivity index (χ3v) is 3.98. The van der Waals surface area contributed by atoms with E-state index < -0.39 is 0 Å². The summed E-state index contributed by atoms with van der Waals surface area (Å²) < 4.78 is 0. The van der Waals surface area contributed by atoms with Crippen LogP contribution in [-0.4, -0.2) is 13.1 Å². The van der Waals surface area contributed by atoms with Crippen molar-refractivity contribution in [2.24, 2.45) is 5.41 Å². The SMILES string of the molecule is N#Cc1ccc(N2CCCC3(CC3)C2)cc1. The number of nitriles is 1. The minimum Gasteiger partial charge on any atom is -0.371 e. The number of hydrogen-bond acceptors (Lipinski definition) is 2. The summed E-state index contributed by atoms with van der Waals surface area (Å²) in [5.74, 6) is 0. The molecule has 1 heterocycles.